The number of hydrogen-bond donors (Lipinski definition) is 1. The highest BCUT2D eigenvalue weighted by molar-refractivity contribution is 7.12. The van der Waals surface area contributed by atoms with E-state index in [2.05, 4.69) is 41.3 Å². The van der Waals surface area contributed by atoms with Crippen molar-refractivity contribution in [3.8, 4) is 0 Å². The van der Waals surface area contributed by atoms with Crippen molar-refractivity contribution in [3.63, 3.8) is 0 Å². The fourth-order valence-electron chi connectivity index (χ4n) is 1.77. The van der Waals surface area contributed by atoms with Gasteiger partial charge < -0.3 is 5.32 Å². The van der Waals surface area contributed by atoms with E-state index in [0.717, 1.165) is 24.4 Å². The van der Waals surface area contributed by atoms with Crippen LogP contribution in [0.2, 0.25) is 0 Å². The van der Waals surface area contributed by atoms with Crippen LogP contribution in [0.15, 0.2) is 24.5 Å². The minimum absolute atomic E-state index is 0.115. The van der Waals surface area contributed by atoms with Crippen molar-refractivity contribution < 1.29 is 0 Å². The van der Waals surface area contributed by atoms with Crippen LogP contribution in [0.4, 0.5) is 0 Å². The lowest BCUT2D eigenvalue weighted by Crippen LogP contribution is -2.24. The van der Waals surface area contributed by atoms with E-state index in [1.807, 2.05) is 19.3 Å². The van der Waals surface area contributed by atoms with Gasteiger partial charge in [0.25, 0.3) is 0 Å². The standard InChI is InChI=1S/C14H19N3S/c1-4-7-15-13(12-6-5-11(3)18-12)14-16-8-10(2)9-17-14/h5-6,8-9,13,15H,4,7H2,1-3H3. The van der Waals surface area contributed by atoms with Crippen LogP contribution in [-0.4, -0.2) is 16.5 Å². The van der Waals surface area contributed by atoms with Crippen LogP contribution in [0.3, 0.4) is 0 Å². The molecular formula is C14H19N3S. The predicted octanol–water partition coefficient (Wildman–Crippen LogP) is 3.24. The summed E-state index contributed by atoms with van der Waals surface area (Å²) in [7, 11) is 0. The van der Waals surface area contributed by atoms with E-state index in [1.165, 1.54) is 9.75 Å². The summed E-state index contributed by atoms with van der Waals surface area (Å²) in [6.45, 7) is 7.27. The highest BCUT2D eigenvalue weighted by atomic mass is 32.1. The number of hydrogen-bond acceptors (Lipinski definition) is 4. The zero-order valence-corrected chi connectivity index (χ0v) is 11.9. The molecule has 0 aliphatic carbocycles. The molecule has 1 N–H and O–H groups in total. The first kappa shape index (κ1) is 13.2. The van der Waals surface area contributed by atoms with Crippen LogP contribution in [0.1, 0.15) is 40.5 Å². The molecule has 0 fully saturated rings. The Balaban J connectivity index is 2.27. The van der Waals surface area contributed by atoms with Crippen LogP contribution in [0.5, 0.6) is 0 Å². The predicted molar refractivity (Wildman–Crippen MR) is 76.0 cm³/mol. The van der Waals surface area contributed by atoms with Gasteiger partial charge in [-0.1, -0.05) is 6.92 Å². The Kier molecular flexibility index (Phi) is 4.44. The fraction of sp³-hybridized carbons (Fsp3) is 0.429. The summed E-state index contributed by atoms with van der Waals surface area (Å²) in [5.41, 5.74) is 1.09. The molecule has 96 valence electrons. The number of nitrogens with one attached hydrogen (secondary N) is 1. The highest BCUT2D eigenvalue weighted by Crippen LogP contribution is 2.26. The minimum Gasteiger partial charge on any atom is -0.303 e. The second-order valence-electron chi connectivity index (χ2n) is 4.45. The molecule has 0 radical (unpaired) electrons. The number of rotatable bonds is 5. The Morgan fingerprint density at radius 1 is 1.22 bits per heavy atom. The van der Waals surface area contributed by atoms with Gasteiger partial charge in [-0.15, -0.1) is 11.3 Å². The molecule has 0 amide bonds. The van der Waals surface area contributed by atoms with Gasteiger partial charge in [-0.05, 0) is 44.5 Å². The van der Waals surface area contributed by atoms with Crippen LogP contribution in [0, 0.1) is 13.8 Å². The van der Waals surface area contributed by atoms with Gasteiger partial charge in [-0.25, -0.2) is 9.97 Å². The average molecular weight is 261 g/mol. The Hall–Kier alpha value is -1.26. The van der Waals surface area contributed by atoms with Crippen LogP contribution in [-0.2, 0) is 0 Å². The molecule has 2 heterocycles. The second-order valence-corrected chi connectivity index (χ2v) is 5.77. The van der Waals surface area contributed by atoms with Gasteiger partial charge in [0.05, 0.1) is 0 Å². The second kappa shape index (κ2) is 6.07. The number of thiophene rings is 1. The summed E-state index contributed by atoms with van der Waals surface area (Å²) in [6.07, 6.45) is 4.86. The smallest absolute Gasteiger partial charge is 0.150 e. The van der Waals surface area contributed by atoms with Crippen LogP contribution >= 0.6 is 11.3 Å². The molecule has 0 saturated carbocycles. The van der Waals surface area contributed by atoms with E-state index >= 15 is 0 Å². The van der Waals surface area contributed by atoms with Crippen LogP contribution in [0.25, 0.3) is 0 Å². The Morgan fingerprint density at radius 2 is 1.94 bits per heavy atom. The molecule has 2 aromatic heterocycles. The summed E-state index contributed by atoms with van der Waals surface area (Å²) in [6, 6.07) is 4.43. The van der Waals surface area contributed by atoms with Gasteiger partial charge in [-0.2, -0.15) is 0 Å². The average Bonchev–Trinajstić information content (AvgIpc) is 2.78. The molecule has 0 aliphatic heterocycles. The van der Waals surface area contributed by atoms with Crippen molar-refractivity contribution >= 4 is 11.3 Å². The minimum atomic E-state index is 0.115. The highest BCUT2D eigenvalue weighted by Gasteiger charge is 2.17. The topological polar surface area (TPSA) is 37.8 Å². The zero-order valence-electron chi connectivity index (χ0n) is 11.1. The molecule has 0 spiro atoms. The lowest BCUT2D eigenvalue weighted by Gasteiger charge is -2.15. The third kappa shape index (κ3) is 3.15. The van der Waals surface area contributed by atoms with Crippen molar-refractivity contribution in [3.05, 3.63) is 45.7 Å². The maximum atomic E-state index is 4.45. The summed E-state index contributed by atoms with van der Waals surface area (Å²) in [5.74, 6) is 0.857. The third-order valence-electron chi connectivity index (χ3n) is 2.70. The van der Waals surface area contributed by atoms with Gasteiger partial charge in [0.15, 0.2) is 0 Å². The first-order valence-electron chi connectivity index (χ1n) is 6.29. The van der Waals surface area contributed by atoms with E-state index in [4.69, 9.17) is 0 Å². The molecule has 4 heteroatoms. The van der Waals surface area contributed by atoms with Crippen molar-refractivity contribution in [1.29, 1.82) is 0 Å². The normalized spacial score (nSPS) is 12.6. The largest absolute Gasteiger partial charge is 0.303 e. The van der Waals surface area contributed by atoms with Gasteiger partial charge in [0.1, 0.15) is 11.9 Å². The van der Waals surface area contributed by atoms with Gasteiger partial charge in [0.2, 0.25) is 0 Å². The molecular weight excluding hydrogens is 242 g/mol. The first-order valence-corrected chi connectivity index (χ1v) is 7.10. The maximum absolute atomic E-state index is 4.45. The van der Waals surface area contributed by atoms with E-state index in [9.17, 15) is 0 Å². The molecule has 0 bridgehead atoms. The molecule has 18 heavy (non-hydrogen) atoms. The summed E-state index contributed by atoms with van der Waals surface area (Å²) in [5, 5.41) is 3.52. The molecule has 2 rings (SSSR count). The lowest BCUT2D eigenvalue weighted by atomic mass is 10.2. The number of nitrogens with zero attached hydrogens (tertiary/aromatic N) is 2. The summed E-state index contributed by atoms with van der Waals surface area (Å²) < 4.78 is 0. The molecule has 3 nitrogen and oxygen atoms in total. The quantitative estimate of drug-likeness (QED) is 0.898. The lowest BCUT2D eigenvalue weighted by molar-refractivity contribution is 0.578. The van der Waals surface area contributed by atoms with E-state index in [0.29, 0.717) is 0 Å². The number of aromatic nitrogens is 2. The Morgan fingerprint density at radius 3 is 2.50 bits per heavy atom. The van der Waals surface area contributed by atoms with Crippen molar-refractivity contribution in [1.82, 2.24) is 15.3 Å². The maximum Gasteiger partial charge on any atom is 0.150 e. The Labute approximate surface area is 112 Å². The fourth-order valence-corrected chi connectivity index (χ4v) is 2.72. The van der Waals surface area contributed by atoms with Crippen molar-refractivity contribution in [2.24, 2.45) is 0 Å². The summed E-state index contributed by atoms with van der Waals surface area (Å²) >= 11 is 1.80. The van der Waals surface area contributed by atoms with Crippen LogP contribution < -0.4 is 5.32 Å². The molecule has 0 saturated heterocycles. The molecule has 2 aromatic rings. The zero-order chi connectivity index (χ0) is 13.0. The molecule has 1 unspecified atom stereocenters. The molecule has 1 atom stereocenters. The SMILES string of the molecule is CCCNC(c1ncc(C)cn1)c1ccc(C)s1. The van der Waals surface area contributed by atoms with E-state index < -0.39 is 0 Å². The molecule has 0 aromatic carbocycles. The van der Waals surface area contributed by atoms with Crippen molar-refractivity contribution in [2.75, 3.05) is 6.54 Å². The van der Waals surface area contributed by atoms with E-state index in [1.54, 1.807) is 11.3 Å². The Bertz CT molecular complexity index is 490. The van der Waals surface area contributed by atoms with Gasteiger partial charge in [0, 0.05) is 22.1 Å². The van der Waals surface area contributed by atoms with Crippen molar-refractivity contribution in [2.45, 2.75) is 33.2 Å². The monoisotopic (exact) mass is 261 g/mol. The van der Waals surface area contributed by atoms with Gasteiger partial charge in [-0.3, -0.25) is 0 Å². The summed E-state index contributed by atoms with van der Waals surface area (Å²) in [4.78, 5) is 11.5. The van der Waals surface area contributed by atoms with Gasteiger partial charge >= 0.3 is 0 Å². The third-order valence-corrected chi connectivity index (χ3v) is 3.77. The number of aryl methyl sites for hydroxylation is 2. The first-order chi connectivity index (χ1) is 8.70. The van der Waals surface area contributed by atoms with E-state index in [-0.39, 0.29) is 6.04 Å². The molecule has 0 aliphatic rings.